The Hall–Kier alpha value is -1.91. The van der Waals surface area contributed by atoms with Crippen LogP contribution in [0.15, 0.2) is 12.3 Å². The molecule has 2 aliphatic heterocycles. The molecule has 2 aliphatic rings. The molecule has 1 amide bonds. The number of anilines is 1. The second-order valence-corrected chi connectivity index (χ2v) is 9.03. The van der Waals surface area contributed by atoms with Crippen molar-refractivity contribution in [2.75, 3.05) is 43.8 Å². The van der Waals surface area contributed by atoms with Crippen LogP contribution in [0.4, 0.5) is 5.69 Å². The number of carbonyl (C=O) groups is 1. The van der Waals surface area contributed by atoms with Gasteiger partial charge in [0.05, 0.1) is 25.3 Å². The molecule has 0 unspecified atom stereocenters. The van der Waals surface area contributed by atoms with Gasteiger partial charge in [0.2, 0.25) is 5.88 Å². The van der Waals surface area contributed by atoms with E-state index in [4.69, 9.17) is 9.47 Å². The quantitative estimate of drug-likeness (QED) is 0.786. The van der Waals surface area contributed by atoms with Gasteiger partial charge in [0, 0.05) is 24.8 Å². The van der Waals surface area contributed by atoms with Crippen LogP contribution in [0, 0.1) is 0 Å². The van der Waals surface area contributed by atoms with E-state index in [2.05, 4.69) is 10.3 Å². The zero-order chi connectivity index (χ0) is 19.7. The van der Waals surface area contributed by atoms with Crippen molar-refractivity contribution in [2.45, 2.75) is 32.7 Å². The van der Waals surface area contributed by atoms with Crippen LogP contribution in [0.1, 0.15) is 37.6 Å². The first-order valence-electron chi connectivity index (χ1n) is 9.05. The molecule has 0 saturated carbocycles. The number of rotatable bonds is 5. The molecule has 1 fully saturated rings. The summed E-state index contributed by atoms with van der Waals surface area (Å²) in [4.78, 5) is 16.7. The molecule has 150 valence electrons. The van der Waals surface area contributed by atoms with Gasteiger partial charge < -0.3 is 14.8 Å². The second-order valence-electron chi connectivity index (χ2n) is 7.18. The van der Waals surface area contributed by atoms with Crippen molar-refractivity contribution in [3.8, 4) is 5.88 Å². The topological polar surface area (TPSA) is 101 Å². The summed E-state index contributed by atoms with van der Waals surface area (Å²) < 4.78 is 39.5. The average Bonchev–Trinajstić information content (AvgIpc) is 2.67. The van der Waals surface area contributed by atoms with Gasteiger partial charge in [0.15, 0.2) is 0 Å². The first-order valence-corrected chi connectivity index (χ1v) is 10.5. The predicted molar refractivity (Wildman–Crippen MR) is 100 cm³/mol. The molecule has 0 aromatic carbocycles. The molecule has 3 rings (SSSR count). The minimum Gasteiger partial charge on any atom is -0.474 e. The van der Waals surface area contributed by atoms with E-state index in [1.54, 1.807) is 0 Å². The van der Waals surface area contributed by atoms with Gasteiger partial charge in [-0.1, -0.05) is 6.92 Å². The molecule has 1 N–H and O–H groups in total. The molecule has 9 nitrogen and oxygen atoms in total. The summed E-state index contributed by atoms with van der Waals surface area (Å²) >= 11 is 0. The summed E-state index contributed by atoms with van der Waals surface area (Å²) in [7, 11) is -3.75. The maximum Gasteiger partial charge on any atom is 0.304 e. The molecule has 10 heteroatoms. The number of hydrogen-bond acceptors (Lipinski definition) is 6. The summed E-state index contributed by atoms with van der Waals surface area (Å²) in [5, 5.41) is 2.93. The van der Waals surface area contributed by atoms with Gasteiger partial charge >= 0.3 is 10.2 Å². The fraction of sp³-hybridized carbons (Fsp3) is 0.647. The smallest absolute Gasteiger partial charge is 0.304 e. The van der Waals surface area contributed by atoms with Crippen LogP contribution in [0.25, 0.3) is 0 Å². The Morgan fingerprint density at radius 1 is 1.26 bits per heavy atom. The van der Waals surface area contributed by atoms with Crippen molar-refractivity contribution < 1.29 is 22.7 Å². The van der Waals surface area contributed by atoms with Crippen LogP contribution >= 0.6 is 0 Å². The molecule has 1 aromatic rings. The lowest BCUT2D eigenvalue weighted by Crippen LogP contribution is -2.51. The van der Waals surface area contributed by atoms with Crippen molar-refractivity contribution in [1.82, 2.24) is 14.6 Å². The monoisotopic (exact) mass is 398 g/mol. The number of hydrogen-bond donors (Lipinski definition) is 1. The predicted octanol–water partition coefficient (Wildman–Crippen LogP) is 0.776. The molecule has 0 atom stereocenters. The maximum atomic E-state index is 13.1. The molecular formula is C17H26N4O5S. The number of pyridine rings is 1. The van der Waals surface area contributed by atoms with Crippen molar-refractivity contribution in [1.29, 1.82) is 0 Å². The standard InChI is InChI=1S/C17H26N4O5S/c1-4-17(2,3)19-15(22)13-11-14-16(18-12-13)26-10-7-21(14)27(23,24)20-5-8-25-9-6-20/h11-12H,4-10H2,1-3H3,(H,19,22). The van der Waals surface area contributed by atoms with E-state index in [1.807, 2.05) is 20.8 Å². The zero-order valence-corrected chi connectivity index (χ0v) is 16.7. The normalized spacial score (nSPS) is 18.6. The first-order chi connectivity index (χ1) is 12.7. The van der Waals surface area contributed by atoms with Crippen LogP contribution in [0.3, 0.4) is 0 Å². The van der Waals surface area contributed by atoms with E-state index >= 15 is 0 Å². The Kier molecular flexibility index (Phi) is 5.59. The number of ether oxygens (including phenoxy) is 2. The lowest BCUT2D eigenvalue weighted by atomic mass is 10.0. The van der Waals surface area contributed by atoms with Crippen LogP contribution < -0.4 is 14.4 Å². The van der Waals surface area contributed by atoms with Crippen LogP contribution in [0.5, 0.6) is 5.88 Å². The third kappa shape index (κ3) is 4.17. The number of nitrogens with one attached hydrogen (secondary N) is 1. The highest BCUT2D eigenvalue weighted by molar-refractivity contribution is 7.90. The number of morpholine rings is 1. The molecular weight excluding hydrogens is 372 g/mol. The maximum absolute atomic E-state index is 13.1. The van der Waals surface area contributed by atoms with E-state index in [-0.39, 0.29) is 36.2 Å². The van der Waals surface area contributed by atoms with Gasteiger partial charge in [-0.05, 0) is 26.3 Å². The van der Waals surface area contributed by atoms with E-state index < -0.39 is 10.2 Å². The lowest BCUT2D eigenvalue weighted by molar-refractivity contribution is 0.0728. The summed E-state index contributed by atoms with van der Waals surface area (Å²) in [5.74, 6) is -0.0872. The SMILES string of the molecule is CCC(C)(C)NC(=O)c1cnc2c(c1)N(S(=O)(=O)N1CCOCC1)CCO2. The average molecular weight is 398 g/mol. The molecule has 1 aromatic heterocycles. The zero-order valence-electron chi connectivity index (χ0n) is 15.9. The van der Waals surface area contributed by atoms with E-state index in [0.29, 0.717) is 31.9 Å². The van der Waals surface area contributed by atoms with Crippen LogP contribution in [-0.4, -0.2) is 68.6 Å². The Bertz CT molecular complexity index is 806. The van der Waals surface area contributed by atoms with Crippen molar-refractivity contribution in [3.63, 3.8) is 0 Å². The number of carbonyl (C=O) groups excluding carboxylic acids is 1. The summed E-state index contributed by atoms with van der Waals surface area (Å²) in [6.45, 7) is 7.53. The summed E-state index contributed by atoms with van der Waals surface area (Å²) in [6, 6.07) is 1.53. The third-order valence-electron chi connectivity index (χ3n) is 4.81. The molecule has 0 radical (unpaired) electrons. The Morgan fingerprint density at radius 3 is 2.63 bits per heavy atom. The minimum absolute atomic E-state index is 0.167. The van der Waals surface area contributed by atoms with E-state index in [1.165, 1.54) is 20.9 Å². The second kappa shape index (κ2) is 7.61. The lowest BCUT2D eigenvalue weighted by Gasteiger charge is -2.35. The molecule has 3 heterocycles. The molecule has 0 aliphatic carbocycles. The van der Waals surface area contributed by atoms with Crippen molar-refractivity contribution >= 4 is 21.8 Å². The highest BCUT2D eigenvalue weighted by Gasteiger charge is 2.35. The van der Waals surface area contributed by atoms with Gasteiger partial charge in [0.25, 0.3) is 5.91 Å². The Balaban J connectivity index is 1.91. The van der Waals surface area contributed by atoms with Gasteiger partial charge in [-0.25, -0.2) is 9.29 Å². The number of amides is 1. The fourth-order valence-electron chi connectivity index (χ4n) is 2.82. The van der Waals surface area contributed by atoms with E-state index in [0.717, 1.165) is 6.42 Å². The number of nitrogens with zero attached hydrogens (tertiary/aromatic N) is 3. The fourth-order valence-corrected chi connectivity index (χ4v) is 4.40. The first kappa shape index (κ1) is 19.8. The third-order valence-corrected chi connectivity index (χ3v) is 6.76. The highest BCUT2D eigenvalue weighted by Crippen LogP contribution is 2.33. The van der Waals surface area contributed by atoms with Crippen molar-refractivity contribution in [2.24, 2.45) is 0 Å². The van der Waals surface area contributed by atoms with Gasteiger partial charge in [0.1, 0.15) is 12.3 Å². The highest BCUT2D eigenvalue weighted by atomic mass is 32.2. The Labute approximate surface area is 159 Å². The van der Waals surface area contributed by atoms with Gasteiger partial charge in [-0.15, -0.1) is 0 Å². The van der Waals surface area contributed by atoms with Gasteiger partial charge in [-0.2, -0.15) is 12.7 Å². The molecule has 27 heavy (non-hydrogen) atoms. The molecule has 1 saturated heterocycles. The Morgan fingerprint density at radius 2 is 1.96 bits per heavy atom. The summed E-state index contributed by atoms with van der Waals surface area (Å²) in [6.07, 6.45) is 2.17. The minimum atomic E-state index is -3.75. The van der Waals surface area contributed by atoms with Crippen LogP contribution in [-0.2, 0) is 14.9 Å². The number of aromatic nitrogens is 1. The number of fused-ring (bicyclic) bond motifs is 1. The van der Waals surface area contributed by atoms with E-state index in [9.17, 15) is 13.2 Å². The van der Waals surface area contributed by atoms with Crippen molar-refractivity contribution in [3.05, 3.63) is 17.8 Å². The largest absolute Gasteiger partial charge is 0.474 e. The molecule has 0 bridgehead atoms. The van der Waals surface area contributed by atoms with Gasteiger partial charge in [-0.3, -0.25) is 4.79 Å². The summed E-state index contributed by atoms with van der Waals surface area (Å²) in [5.41, 5.74) is 0.209. The van der Waals surface area contributed by atoms with Crippen LogP contribution in [0.2, 0.25) is 0 Å². The molecule has 0 spiro atoms.